The minimum Gasteiger partial charge on any atom is -0.338 e. The van der Waals surface area contributed by atoms with Gasteiger partial charge in [-0.15, -0.1) is 0 Å². The Balaban J connectivity index is 1.32. The van der Waals surface area contributed by atoms with Gasteiger partial charge >= 0.3 is 0 Å². The van der Waals surface area contributed by atoms with E-state index >= 15 is 0 Å². The summed E-state index contributed by atoms with van der Waals surface area (Å²) >= 11 is 0. The SMILES string of the molecule is Cc1ccccc1C(=O)N1C[C@@H]2CCN(CCN3CCCC3)C[C@H]2C1. The van der Waals surface area contributed by atoms with Gasteiger partial charge in [-0.25, -0.2) is 0 Å². The fraction of sp³-hybridized carbons (Fsp3) is 0.667. The quantitative estimate of drug-likeness (QED) is 0.842. The van der Waals surface area contributed by atoms with Gasteiger partial charge in [0.1, 0.15) is 0 Å². The minimum atomic E-state index is 0.233. The van der Waals surface area contributed by atoms with Gasteiger partial charge in [-0.2, -0.15) is 0 Å². The lowest BCUT2D eigenvalue weighted by atomic mass is 9.89. The lowest BCUT2D eigenvalue weighted by Crippen LogP contribution is -2.43. The highest BCUT2D eigenvalue weighted by Gasteiger charge is 2.39. The standard InChI is InChI=1S/C21H31N3O/c1-17-6-2-3-7-20(17)21(25)24-15-18-8-11-23(14-19(18)16-24)13-12-22-9-4-5-10-22/h2-3,6-7,18-19H,4-5,8-16H2,1H3/t18-,19-/m0/s1. The molecule has 3 heterocycles. The van der Waals surface area contributed by atoms with Crippen molar-refractivity contribution in [3.63, 3.8) is 0 Å². The first kappa shape index (κ1) is 17.0. The van der Waals surface area contributed by atoms with Crippen molar-refractivity contribution in [3.05, 3.63) is 35.4 Å². The molecule has 0 aliphatic carbocycles. The Labute approximate surface area is 151 Å². The summed E-state index contributed by atoms with van der Waals surface area (Å²) in [5.41, 5.74) is 1.97. The van der Waals surface area contributed by atoms with Crippen LogP contribution < -0.4 is 0 Å². The maximum Gasteiger partial charge on any atom is 0.254 e. The Morgan fingerprint density at radius 1 is 0.960 bits per heavy atom. The van der Waals surface area contributed by atoms with Crippen molar-refractivity contribution in [1.82, 2.24) is 14.7 Å². The van der Waals surface area contributed by atoms with E-state index in [2.05, 4.69) is 14.7 Å². The van der Waals surface area contributed by atoms with Crippen molar-refractivity contribution < 1.29 is 4.79 Å². The molecule has 0 unspecified atom stereocenters. The molecule has 3 fully saturated rings. The van der Waals surface area contributed by atoms with Gasteiger partial charge < -0.3 is 14.7 Å². The van der Waals surface area contributed by atoms with Crippen molar-refractivity contribution in [2.45, 2.75) is 26.2 Å². The number of carbonyl (C=O) groups is 1. The molecule has 1 aromatic carbocycles. The number of nitrogens with zero attached hydrogens (tertiary/aromatic N) is 3. The number of piperidine rings is 1. The topological polar surface area (TPSA) is 26.8 Å². The van der Waals surface area contributed by atoms with Crippen LogP contribution in [0.3, 0.4) is 0 Å². The average Bonchev–Trinajstić information content (AvgIpc) is 3.28. The third-order valence-corrected chi connectivity index (χ3v) is 6.48. The maximum atomic E-state index is 12.9. The molecular formula is C21H31N3O. The first-order chi connectivity index (χ1) is 12.2. The second kappa shape index (κ2) is 7.46. The molecular weight excluding hydrogens is 310 g/mol. The molecule has 3 aliphatic rings. The number of hydrogen-bond acceptors (Lipinski definition) is 3. The molecule has 0 bridgehead atoms. The third-order valence-electron chi connectivity index (χ3n) is 6.48. The lowest BCUT2D eigenvalue weighted by Gasteiger charge is -2.35. The fourth-order valence-corrected chi connectivity index (χ4v) is 4.89. The Morgan fingerprint density at radius 2 is 1.68 bits per heavy atom. The molecule has 4 nitrogen and oxygen atoms in total. The highest BCUT2D eigenvalue weighted by Crippen LogP contribution is 2.32. The Bertz CT molecular complexity index is 611. The van der Waals surface area contributed by atoms with Crippen molar-refractivity contribution in [3.8, 4) is 0 Å². The van der Waals surface area contributed by atoms with Gasteiger partial charge in [0.15, 0.2) is 0 Å². The largest absolute Gasteiger partial charge is 0.338 e. The molecule has 3 saturated heterocycles. The van der Waals surface area contributed by atoms with Gasteiger partial charge in [-0.3, -0.25) is 4.79 Å². The van der Waals surface area contributed by atoms with Crippen molar-refractivity contribution in [1.29, 1.82) is 0 Å². The van der Waals surface area contributed by atoms with Crippen LogP contribution in [0.4, 0.5) is 0 Å². The molecule has 3 aliphatic heterocycles. The zero-order valence-corrected chi connectivity index (χ0v) is 15.5. The van der Waals surface area contributed by atoms with Gasteiger partial charge in [0.25, 0.3) is 5.91 Å². The molecule has 0 spiro atoms. The Morgan fingerprint density at radius 3 is 2.48 bits per heavy atom. The summed E-state index contributed by atoms with van der Waals surface area (Å²) < 4.78 is 0. The molecule has 136 valence electrons. The van der Waals surface area contributed by atoms with E-state index in [1.54, 1.807) is 0 Å². The number of rotatable bonds is 4. The molecule has 1 aromatic rings. The van der Waals surface area contributed by atoms with E-state index in [0.29, 0.717) is 11.8 Å². The number of carbonyl (C=O) groups excluding carboxylic acids is 1. The van der Waals surface area contributed by atoms with Gasteiger partial charge in [0.05, 0.1) is 0 Å². The van der Waals surface area contributed by atoms with Crippen molar-refractivity contribution in [2.75, 3.05) is 52.4 Å². The molecule has 0 N–H and O–H groups in total. The second-order valence-corrected chi connectivity index (χ2v) is 8.18. The smallest absolute Gasteiger partial charge is 0.254 e. The highest BCUT2D eigenvalue weighted by molar-refractivity contribution is 5.95. The molecule has 2 atom stereocenters. The average molecular weight is 341 g/mol. The summed E-state index contributed by atoms with van der Waals surface area (Å²) in [5.74, 6) is 1.60. The third kappa shape index (κ3) is 3.75. The molecule has 1 amide bonds. The molecule has 0 radical (unpaired) electrons. The van der Waals surface area contributed by atoms with E-state index in [9.17, 15) is 4.79 Å². The number of hydrogen-bond donors (Lipinski definition) is 0. The first-order valence-corrected chi connectivity index (χ1v) is 10.0. The molecule has 25 heavy (non-hydrogen) atoms. The van der Waals surface area contributed by atoms with Gasteiger partial charge in [-0.1, -0.05) is 18.2 Å². The maximum absolute atomic E-state index is 12.9. The highest BCUT2D eigenvalue weighted by atomic mass is 16.2. The first-order valence-electron chi connectivity index (χ1n) is 10.0. The van der Waals surface area contributed by atoms with Crippen LogP contribution in [0.2, 0.25) is 0 Å². The van der Waals surface area contributed by atoms with Crippen LogP contribution >= 0.6 is 0 Å². The second-order valence-electron chi connectivity index (χ2n) is 8.18. The predicted octanol–water partition coefficient (Wildman–Crippen LogP) is 2.48. The molecule has 4 heteroatoms. The number of benzene rings is 1. The number of likely N-dealkylation sites (tertiary alicyclic amines) is 3. The Kier molecular flexibility index (Phi) is 5.09. The van der Waals surface area contributed by atoms with Crippen LogP contribution in [0, 0.1) is 18.8 Å². The van der Waals surface area contributed by atoms with Crippen LogP contribution in [-0.2, 0) is 0 Å². The van der Waals surface area contributed by atoms with E-state index in [4.69, 9.17) is 0 Å². The Hall–Kier alpha value is -1.39. The molecule has 4 rings (SSSR count). The van der Waals surface area contributed by atoms with E-state index < -0.39 is 0 Å². The summed E-state index contributed by atoms with van der Waals surface area (Å²) in [5, 5.41) is 0. The number of fused-ring (bicyclic) bond motifs is 1. The van der Waals surface area contributed by atoms with Crippen LogP contribution in [0.5, 0.6) is 0 Å². The van der Waals surface area contributed by atoms with Gasteiger partial charge in [0, 0.05) is 38.3 Å². The fourth-order valence-electron chi connectivity index (χ4n) is 4.89. The van der Waals surface area contributed by atoms with Crippen LogP contribution in [-0.4, -0.2) is 73.0 Å². The van der Waals surface area contributed by atoms with E-state index in [-0.39, 0.29) is 5.91 Å². The van der Waals surface area contributed by atoms with E-state index in [0.717, 1.165) is 24.2 Å². The van der Waals surface area contributed by atoms with Crippen molar-refractivity contribution >= 4 is 5.91 Å². The van der Waals surface area contributed by atoms with Crippen LogP contribution in [0.25, 0.3) is 0 Å². The molecule has 0 aromatic heterocycles. The summed E-state index contributed by atoms with van der Waals surface area (Å²) in [4.78, 5) is 20.3. The van der Waals surface area contributed by atoms with Crippen LogP contribution in [0.1, 0.15) is 35.2 Å². The van der Waals surface area contributed by atoms with E-state index in [1.165, 1.54) is 58.5 Å². The summed E-state index contributed by atoms with van der Waals surface area (Å²) in [6, 6.07) is 8.00. The van der Waals surface area contributed by atoms with E-state index in [1.807, 2.05) is 31.2 Å². The van der Waals surface area contributed by atoms with Gasteiger partial charge in [-0.05, 0) is 69.3 Å². The van der Waals surface area contributed by atoms with Crippen molar-refractivity contribution in [2.24, 2.45) is 11.8 Å². The molecule has 0 saturated carbocycles. The van der Waals surface area contributed by atoms with Crippen LogP contribution in [0.15, 0.2) is 24.3 Å². The number of amides is 1. The predicted molar refractivity (Wildman–Crippen MR) is 101 cm³/mol. The normalized spacial score (nSPS) is 27.6. The summed E-state index contributed by atoms with van der Waals surface area (Å²) in [7, 11) is 0. The zero-order valence-electron chi connectivity index (χ0n) is 15.5. The summed E-state index contributed by atoms with van der Waals surface area (Å²) in [6.45, 7) is 11.3. The summed E-state index contributed by atoms with van der Waals surface area (Å²) in [6.07, 6.45) is 4.00. The lowest BCUT2D eigenvalue weighted by molar-refractivity contribution is 0.0783. The minimum absolute atomic E-state index is 0.233. The van der Waals surface area contributed by atoms with Gasteiger partial charge in [0.2, 0.25) is 0 Å². The zero-order chi connectivity index (χ0) is 17.2. The monoisotopic (exact) mass is 341 g/mol. The number of aryl methyl sites for hydroxylation is 1.